The molecule has 2 saturated carbocycles. The Hall–Kier alpha value is -1.02. The number of likely N-dealkylation sites (N-methyl/N-ethyl adjacent to an activating group) is 1. The van der Waals surface area contributed by atoms with Gasteiger partial charge in [0.2, 0.25) is 0 Å². The van der Waals surface area contributed by atoms with E-state index < -0.39 is 0 Å². The summed E-state index contributed by atoms with van der Waals surface area (Å²) in [6, 6.07) is 9.04. The lowest BCUT2D eigenvalue weighted by Gasteiger charge is -2.19. The summed E-state index contributed by atoms with van der Waals surface area (Å²) >= 11 is 0. The molecule has 3 atom stereocenters. The monoisotopic (exact) mass is 245 g/mol. The first-order chi connectivity index (χ1) is 8.85. The number of methoxy groups -OCH3 is 1. The van der Waals surface area contributed by atoms with E-state index in [1.807, 2.05) is 6.07 Å². The van der Waals surface area contributed by atoms with E-state index in [2.05, 4.69) is 30.6 Å². The molecular weight excluding hydrogens is 222 g/mol. The van der Waals surface area contributed by atoms with Crippen LogP contribution in [0.4, 0.5) is 0 Å². The van der Waals surface area contributed by atoms with Gasteiger partial charge in [0, 0.05) is 6.04 Å². The normalized spacial score (nSPS) is 30.9. The third-order valence-electron chi connectivity index (χ3n) is 4.94. The second kappa shape index (κ2) is 4.93. The number of benzene rings is 1. The molecule has 1 aromatic carbocycles. The molecule has 2 nitrogen and oxygen atoms in total. The lowest BCUT2D eigenvalue weighted by Crippen LogP contribution is -2.31. The zero-order valence-electron chi connectivity index (χ0n) is 11.4. The summed E-state index contributed by atoms with van der Waals surface area (Å²) in [5.74, 6) is 3.96. The van der Waals surface area contributed by atoms with Crippen molar-refractivity contribution in [3.63, 3.8) is 0 Å². The Morgan fingerprint density at radius 2 is 2.00 bits per heavy atom. The van der Waals surface area contributed by atoms with Gasteiger partial charge in [-0.2, -0.15) is 0 Å². The second-order valence-electron chi connectivity index (χ2n) is 5.75. The first-order valence-corrected chi connectivity index (χ1v) is 7.14. The minimum atomic E-state index is 0.622. The largest absolute Gasteiger partial charge is 0.496 e. The first kappa shape index (κ1) is 12.0. The van der Waals surface area contributed by atoms with Crippen molar-refractivity contribution < 1.29 is 4.74 Å². The Balaban J connectivity index is 1.70. The topological polar surface area (TPSA) is 21.3 Å². The van der Waals surface area contributed by atoms with Crippen LogP contribution in [0, 0.1) is 17.8 Å². The lowest BCUT2D eigenvalue weighted by molar-refractivity contribution is 0.393. The van der Waals surface area contributed by atoms with Crippen LogP contribution < -0.4 is 10.1 Å². The third kappa shape index (κ3) is 2.03. The second-order valence-corrected chi connectivity index (χ2v) is 5.75. The standard InChI is InChI=1S/C16H23NO/c1-17-14(16-12-7-5-8-13(12)16)10-11-6-3-4-9-15(11)18-2/h3-4,6,9,12-14,16-17H,5,7-8,10H2,1-2H3. The number of hydrogen-bond acceptors (Lipinski definition) is 2. The summed E-state index contributed by atoms with van der Waals surface area (Å²) < 4.78 is 5.46. The molecule has 2 fully saturated rings. The van der Waals surface area contributed by atoms with E-state index in [0.717, 1.165) is 29.9 Å². The number of rotatable bonds is 5. The summed E-state index contributed by atoms with van der Waals surface area (Å²) in [6.07, 6.45) is 5.47. The van der Waals surface area contributed by atoms with Gasteiger partial charge in [0.05, 0.1) is 7.11 Å². The minimum absolute atomic E-state index is 0.622. The molecule has 0 aromatic heterocycles. The fraction of sp³-hybridized carbons (Fsp3) is 0.625. The molecule has 18 heavy (non-hydrogen) atoms. The van der Waals surface area contributed by atoms with E-state index in [-0.39, 0.29) is 0 Å². The Morgan fingerprint density at radius 1 is 1.28 bits per heavy atom. The molecule has 3 rings (SSSR count). The van der Waals surface area contributed by atoms with Crippen molar-refractivity contribution >= 4 is 0 Å². The Kier molecular flexibility index (Phi) is 3.29. The maximum atomic E-state index is 5.46. The molecule has 0 aliphatic heterocycles. The van der Waals surface area contributed by atoms with Crippen LogP contribution in [0.1, 0.15) is 24.8 Å². The maximum Gasteiger partial charge on any atom is 0.122 e. The lowest BCUT2D eigenvalue weighted by atomic mass is 9.97. The molecular formula is C16H23NO. The van der Waals surface area contributed by atoms with E-state index in [0.29, 0.717) is 6.04 Å². The van der Waals surface area contributed by atoms with Gasteiger partial charge in [-0.25, -0.2) is 0 Å². The van der Waals surface area contributed by atoms with E-state index >= 15 is 0 Å². The van der Waals surface area contributed by atoms with Crippen LogP contribution in [-0.2, 0) is 6.42 Å². The maximum absolute atomic E-state index is 5.46. The SMILES string of the molecule is CNC(Cc1ccccc1OC)C1C2CCCC21. The first-order valence-electron chi connectivity index (χ1n) is 7.14. The molecule has 2 aliphatic rings. The predicted octanol–water partition coefficient (Wildman–Crippen LogP) is 2.87. The molecule has 1 N–H and O–H groups in total. The fourth-order valence-electron chi connectivity index (χ4n) is 4.01. The van der Waals surface area contributed by atoms with Crippen LogP contribution in [0.2, 0.25) is 0 Å². The molecule has 98 valence electrons. The molecule has 3 unspecified atom stereocenters. The summed E-state index contributed by atoms with van der Waals surface area (Å²) in [6.45, 7) is 0. The van der Waals surface area contributed by atoms with Crippen LogP contribution in [-0.4, -0.2) is 20.2 Å². The highest BCUT2D eigenvalue weighted by Crippen LogP contribution is 2.59. The van der Waals surface area contributed by atoms with Crippen LogP contribution in [0.5, 0.6) is 5.75 Å². The molecule has 0 radical (unpaired) electrons. The zero-order valence-corrected chi connectivity index (χ0v) is 11.4. The number of ether oxygens (including phenoxy) is 1. The van der Waals surface area contributed by atoms with Crippen molar-refractivity contribution in [2.45, 2.75) is 31.7 Å². The summed E-state index contributed by atoms with van der Waals surface area (Å²) in [5.41, 5.74) is 1.34. The molecule has 2 heteroatoms. The van der Waals surface area contributed by atoms with Crippen LogP contribution in [0.3, 0.4) is 0 Å². The van der Waals surface area contributed by atoms with Gasteiger partial charge < -0.3 is 10.1 Å². The van der Waals surface area contributed by atoms with E-state index in [1.165, 1.54) is 24.8 Å². The summed E-state index contributed by atoms with van der Waals surface area (Å²) in [5, 5.41) is 3.54. The van der Waals surface area contributed by atoms with Crippen molar-refractivity contribution in [2.24, 2.45) is 17.8 Å². The Bertz CT molecular complexity index is 407. The van der Waals surface area contributed by atoms with Gasteiger partial charge >= 0.3 is 0 Å². The number of hydrogen-bond donors (Lipinski definition) is 1. The van der Waals surface area contributed by atoms with Crippen molar-refractivity contribution in [1.29, 1.82) is 0 Å². The molecule has 0 spiro atoms. The van der Waals surface area contributed by atoms with Gasteiger partial charge in [-0.1, -0.05) is 24.6 Å². The quantitative estimate of drug-likeness (QED) is 0.861. The molecule has 0 saturated heterocycles. The van der Waals surface area contributed by atoms with E-state index in [4.69, 9.17) is 4.74 Å². The third-order valence-corrected chi connectivity index (χ3v) is 4.94. The summed E-state index contributed by atoms with van der Waals surface area (Å²) in [4.78, 5) is 0. The fourth-order valence-corrected chi connectivity index (χ4v) is 4.01. The van der Waals surface area contributed by atoms with Gasteiger partial charge in [-0.05, 0) is 55.7 Å². The molecule has 0 heterocycles. The molecule has 1 aromatic rings. The van der Waals surface area contributed by atoms with Gasteiger partial charge in [-0.15, -0.1) is 0 Å². The molecule has 0 amide bonds. The van der Waals surface area contributed by atoms with Crippen molar-refractivity contribution in [2.75, 3.05) is 14.2 Å². The smallest absolute Gasteiger partial charge is 0.122 e. The van der Waals surface area contributed by atoms with Crippen LogP contribution >= 0.6 is 0 Å². The predicted molar refractivity (Wildman–Crippen MR) is 73.9 cm³/mol. The minimum Gasteiger partial charge on any atom is -0.496 e. The average Bonchev–Trinajstić information content (AvgIpc) is 2.88. The highest BCUT2D eigenvalue weighted by Gasteiger charge is 2.55. The molecule has 2 aliphatic carbocycles. The van der Waals surface area contributed by atoms with Gasteiger partial charge in [0.25, 0.3) is 0 Å². The Labute approximate surface area is 110 Å². The number of para-hydroxylation sites is 1. The van der Waals surface area contributed by atoms with Crippen molar-refractivity contribution in [3.05, 3.63) is 29.8 Å². The van der Waals surface area contributed by atoms with Crippen molar-refractivity contribution in [3.8, 4) is 5.75 Å². The van der Waals surface area contributed by atoms with Crippen LogP contribution in [0.25, 0.3) is 0 Å². The zero-order chi connectivity index (χ0) is 12.5. The Morgan fingerprint density at radius 3 is 2.67 bits per heavy atom. The highest BCUT2D eigenvalue weighted by atomic mass is 16.5. The highest BCUT2D eigenvalue weighted by molar-refractivity contribution is 5.34. The summed E-state index contributed by atoms with van der Waals surface area (Å²) in [7, 11) is 3.87. The van der Waals surface area contributed by atoms with Gasteiger partial charge in [-0.3, -0.25) is 0 Å². The van der Waals surface area contributed by atoms with Gasteiger partial charge in [0.15, 0.2) is 0 Å². The van der Waals surface area contributed by atoms with Gasteiger partial charge in [0.1, 0.15) is 5.75 Å². The van der Waals surface area contributed by atoms with E-state index in [1.54, 1.807) is 7.11 Å². The van der Waals surface area contributed by atoms with Crippen LogP contribution in [0.15, 0.2) is 24.3 Å². The van der Waals surface area contributed by atoms with E-state index in [9.17, 15) is 0 Å². The number of nitrogens with one attached hydrogen (secondary N) is 1. The molecule has 0 bridgehead atoms. The van der Waals surface area contributed by atoms with Crippen molar-refractivity contribution in [1.82, 2.24) is 5.32 Å². The average molecular weight is 245 g/mol. The number of fused-ring (bicyclic) bond motifs is 1.